The number of hydrogen-bond donors (Lipinski definition) is 0. The molecular weight excluding hydrogens is 246 g/mol. The average Bonchev–Trinajstić information content (AvgIpc) is 3.24. The first-order valence-corrected chi connectivity index (χ1v) is 7.13. The Morgan fingerprint density at radius 3 is 2.05 bits per heavy atom. The summed E-state index contributed by atoms with van der Waals surface area (Å²) in [5.74, 6) is 0.603. The molecule has 1 heterocycles. The van der Waals surface area contributed by atoms with E-state index in [0.717, 1.165) is 5.56 Å². The highest BCUT2D eigenvalue weighted by Crippen LogP contribution is 2.47. The fourth-order valence-electron chi connectivity index (χ4n) is 2.93. The molecule has 1 aliphatic rings. The summed E-state index contributed by atoms with van der Waals surface area (Å²) in [7, 11) is 0. The van der Waals surface area contributed by atoms with Crippen molar-refractivity contribution in [1.29, 1.82) is 0 Å². The van der Waals surface area contributed by atoms with Gasteiger partial charge in [-0.1, -0.05) is 62.4 Å². The number of carbonyl (C=O) groups excluding carboxylic acids is 1. The Bertz CT molecular complexity index is 591. The second-order valence-electron chi connectivity index (χ2n) is 5.67. The van der Waals surface area contributed by atoms with Crippen LogP contribution >= 0.6 is 0 Å². The molecule has 2 atom stereocenters. The Labute approximate surface area is 120 Å². The lowest BCUT2D eigenvalue weighted by Gasteiger charge is -2.06. The highest BCUT2D eigenvalue weighted by molar-refractivity contribution is 5.96. The molecule has 2 heteroatoms. The minimum Gasteiger partial charge on any atom is -0.324 e. The molecule has 0 unspecified atom stereocenters. The van der Waals surface area contributed by atoms with Gasteiger partial charge >= 0.3 is 0 Å². The summed E-state index contributed by atoms with van der Waals surface area (Å²) >= 11 is 0. The third-order valence-electron chi connectivity index (χ3n) is 3.93. The quantitative estimate of drug-likeness (QED) is 0.770. The van der Waals surface area contributed by atoms with E-state index >= 15 is 0 Å². The van der Waals surface area contributed by atoms with Crippen molar-refractivity contribution in [1.82, 2.24) is 4.90 Å². The van der Waals surface area contributed by atoms with Crippen LogP contribution in [0.1, 0.15) is 35.8 Å². The van der Waals surface area contributed by atoms with E-state index in [2.05, 4.69) is 26.0 Å². The maximum Gasteiger partial charge on any atom is 0.254 e. The molecule has 0 aliphatic carbocycles. The third kappa shape index (κ3) is 2.22. The molecule has 1 saturated heterocycles. The lowest BCUT2D eigenvalue weighted by atomic mass is 10.0. The van der Waals surface area contributed by atoms with Crippen LogP contribution in [0.5, 0.6) is 0 Å². The van der Waals surface area contributed by atoms with Crippen LogP contribution in [0.3, 0.4) is 0 Å². The van der Waals surface area contributed by atoms with Crippen molar-refractivity contribution in [2.45, 2.75) is 25.9 Å². The van der Waals surface area contributed by atoms with E-state index in [0.29, 0.717) is 12.0 Å². The molecule has 2 aromatic carbocycles. The zero-order valence-electron chi connectivity index (χ0n) is 11.9. The molecule has 0 bridgehead atoms. The van der Waals surface area contributed by atoms with E-state index in [9.17, 15) is 4.79 Å². The molecule has 0 aromatic heterocycles. The zero-order valence-corrected chi connectivity index (χ0v) is 11.9. The minimum absolute atomic E-state index is 0.137. The number of hydrogen-bond acceptors (Lipinski definition) is 1. The summed E-state index contributed by atoms with van der Waals surface area (Å²) in [6, 6.07) is 20.4. The first-order valence-electron chi connectivity index (χ1n) is 7.13. The molecule has 20 heavy (non-hydrogen) atoms. The van der Waals surface area contributed by atoms with Crippen LogP contribution in [0.15, 0.2) is 60.7 Å². The van der Waals surface area contributed by atoms with Gasteiger partial charge in [-0.05, 0) is 23.6 Å². The average molecular weight is 265 g/mol. The number of carbonyl (C=O) groups is 1. The summed E-state index contributed by atoms with van der Waals surface area (Å²) < 4.78 is 0. The third-order valence-corrected chi connectivity index (χ3v) is 3.93. The molecule has 102 valence electrons. The van der Waals surface area contributed by atoms with Gasteiger partial charge in [0.25, 0.3) is 5.91 Å². The van der Waals surface area contributed by atoms with Gasteiger partial charge in [0.05, 0.1) is 12.1 Å². The van der Waals surface area contributed by atoms with Gasteiger partial charge < -0.3 is 4.90 Å². The Morgan fingerprint density at radius 1 is 0.950 bits per heavy atom. The van der Waals surface area contributed by atoms with Crippen LogP contribution in [-0.4, -0.2) is 16.8 Å². The summed E-state index contributed by atoms with van der Waals surface area (Å²) in [5, 5.41) is 0. The van der Waals surface area contributed by atoms with Gasteiger partial charge in [0, 0.05) is 5.56 Å². The lowest BCUT2D eigenvalue weighted by molar-refractivity contribution is 0.0858. The number of benzene rings is 2. The molecule has 2 aromatic rings. The topological polar surface area (TPSA) is 20.1 Å². The van der Waals surface area contributed by atoms with Crippen LogP contribution in [0.2, 0.25) is 0 Å². The van der Waals surface area contributed by atoms with Crippen LogP contribution in [0.4, 0.5) is 0 Å². The van der Waals surface area contributed by atoms with E-state index in [1.165, 1.54) is 5.56 Å². The summed E-state index contributed by atoms with van der Waals surface area (Å²) in [4.78, 5) is 14.6. The SMILES string of the molecule is CC(C)[C@@H]1[C@@H](c2ccccc2)N1C(=O)c1ccccc1. The Morgan fingerprint density at radius 2 is 1.50 bits per heavy atom. The molecule has 0 spiro atoms. The summed E-state index contributed by atoms with van der Waals surface area (Å²) in [6.07, 6.45) is 0. The minimum atomic E-state index is 0.137. The smallest absolute Gasteiger partial charge is 0.254 e. The van der Waals surface area contributed by atoms with Gasteiger partial charge in [-0.3, -0.25) is 4.79 Å². The lowest BCUT2D eigenvalue weighted by Crippen LogP contribution is -2.16. The van der Waals surface area contributed by atoms with E-state index in [1.54, 1.807) is 0 Å². The maximum absolute atomic E-state index is 12.6. The predicted octanol–water partition coefficient (Wildman–Crippen LogP) is 3.91. The fourth-order valence-corrected chi connectivity index (χ4v) is 2.93. The van der Waals surface area contributed by atoms with E-state index in [1.807, 2.05) is 53.4 Å². The highest BCUT2D eigenvalue weighted by Gasteiger charge is 2.52. The van der Waals surface area contributed by atoms with E-state index in [-0.39, 0.29) is 11.9 Å². The van der Waals surface area contributed by atoms with Gasteiger partial charge in [0.1, 0.15) is 0 Å². The molecule has 1 fully saturated rings. The molecule has 1 amide bonds. The van der Waals surface area contributed by atoms with Crippen molar-refractivity contribution in [3.63, 3.8) is 0 Å². The van der Waals surface area contributed by atoms with Crippen molar-refractivity contribution < 1.29 is 4.79 Å². The second kappa shape index (κ2) is 5.12. The number of rotatable bonds is 3. The van der Waals surface area contributed by atoms with Crippen LogP contribution in [0.25, 0.3) is 0 Å². The molecule has 0 saturated carbocycles. The Hall–Kier alpha value is -2.09. The van der Waals surface area contributed by atoms with Crippen molar-refractivity contribution in [2.24, 2.45) is 5.92 Å². The second-order valence-corrected chi connectivity index (χ2v) is 5.67. The molecular formula is C18H19NO. The normalized spacial score (nSPS) is 21.1. The largest absolute Gasteiger partial charge is 0.324 e. The van der Waals surface area contributed by atoms with Gasteiger partial charge in [-0.25, -0.2) is 0 Å². The monoisotopic (exact) mass is 265 g/mol. The van der Waals surface area contributed by atoms with Gasteiger partial charge in [0.15, 0.2) is 0 Å². The maximum atomic E-state index is 12.6. The highest BCUT2D eigenvalue weighted by atomic mass is 16.2. The van der Waals surface area contributed by atoms with Crippen LogP contribution in [0, 0.1) is 5.92 Å². The number of amides is 1. The van der Waals surface area contributed by atoms with Crippen LogP contribution in [-0.2, 0) is 0 Å². The van der Waals surface area contributed by atoms with E-state index in [4.69, 9.17) is 0 Å². The van der Waals surface area contributed by atoms with Crippen molar-refractivity contribution in [2.75, 3.05) is 0 Å². The summed E-state index contributed by atoms with van der Waals surface area (Å²) in [6.45, 7) is 4.36. The molecule has 0 radical (unpaired) electrons. The molecule has 2 nitrogen and oxygen atoms in total. The standard InChI is InChI=1S/C18H19NO/c1-13(2)16-17(14-9-5-3-6-10-14)19(16)18(20)15-11-7-4-8-12-15/h3-13,16-17H,1-2H3/t16-,17-,19?/m1/s1. The summed E-state index contributed by atoms with van der Waals surface area (Å²) in [5.41, 5.74) is 2.01. The zero-order chi connectivity index (χ0) is 14.1. The van der Waals surface area contributed by atoms with Gasteiger partial charge in [0.2, 0.25) is 0 Å². The van der Waals surface area contributed by atoms with Gasteiger partial charge in [-0.2, -0.15) is 0 Å². The Kier molecular flexibility index (Phi) is 3.31. The van der Waals surface area contributed by atoms with Gasteiger partial charge in [-0.15, -0.1) is 0 Å². The molecule has 1 aliphatic heterocycles. The van der Waals surface area contributed by atoms with E-state index < -0.39 is 0 Å². The Balaban J connectivity index is 1.88. The number of nitrogens with zero attached hydrogens (tertiary/aromatic N) is 1. The first-order chi connectivity index (χ1) is 9.70. The fraction of sp³-hybridized carbons (Fsp3) is 0.278. The van der Waals surface area contributed by atoms with Crippen molar-refractivity contribution in [3.8, 4) is 0 Å². The molecule has 0 N–H and O–H groups in total. The first kappa shape index (κ1) is 12.9. The molecule has 3 rings (SSSR count). The van der Waals surface area contributed by atoms with Crippen molar-refractivity contribution in [3.05, 3.63) is 71.8 Å². The van der Waals surface area contributed by atoms with Crippen molar-refractivity contribution >= 4 is 5.91 Å². The predicted molar refractivity (Wildman–Crippen MR) is 80.4 cm³/mol. The van der Waals surface area contributed by atoms with Crippen LogP contribution < -0.4 is 0 Å².